The summed E-state index contributed by atoms with van der Waals surface area (Å²) in [6.07, 6.45) is 6.43. The Morgan fingerprint density at radius 2 is 1.71 bits per heavy atom. The normalized spacial score (nSPS) is 30.0. The summed E-state index contributed by atoms with van der Waals surface area (Å²) in [6.45, 7) is 1.74. The van der Waals surface area contributed by atoms with Crippen LogP contribution in [-0.4, -0.2) is 55.4 Å². The van der Waals surface area contributed by atoms with Gasteiger partial charge >= 0.3 is 0 Å². The van der Waals surface area contributed by atoms with Gasteiger partial charge in [-0.15, -0.1) is 12.4 Å². The minimum Gasteiger partial charge on any atom is -0.335 e. The quantitative estimate of drug-likeness (QED) is 0.838. The summed E-state index contributed by atoms with van der Waals surface area (Å²) < 4.78 is 24.7. The topological polar surface area (TPSA) is 66.5 Å². The Morgan fingerprint density at radius 1 is 1.05 bits per heavy atom. The maximum Gasteiger partial charge on any atom is 0.238 e. The average molecular weight is 337 g/mol. The highest BCUT2D eigenvalue weighted by molar-refractivity contribution is 7.92. The molecule has 1 amide bonds. The van der Waals surface area contributed by atoms with E-state index in [1.807, 2.05) is 4.90 Å². The number of amides is 1. The van der Waals surface area contributed by atoms with Gasteiger partial charge < -0.3 is 10.2 Å². The molecule has 1 saturated carbocycles. The lowest BCUT2D eigenvalue weighted by molar-refractivity contribution is -0.130. The average Bonchev–Trinajstić information content (AvgIpc) is 2.96. The lowest BCUT2D eigenvalue weighted by atomic mass is 10.1. The number of nitrogens with one attached hydrogen (secondary N) is 1. The zero-order chi connectivity index (χ0) is 14.2. The van der Waals surface area contributed by atoms with Crippen molar-refractivity contribution in [2.24, 2.45) is 0 Å². The summed E-state index contributed by atoms with van der Waals surface area (Å²) >= 11 is 0. The van der Waals surface area contributed by atoms with Crippen LogP contribution in [0.5, 0.6) is 0 Å². The molecule has 0 aromatic heterocycles. The fourth-order valence-electron chi connectivity index (χ4n) is 4.00. The van der Waals surface area contributed by atoms with E-state index in [-0.39, 0.29) is 41.4 Å². The smallest absolute Gasteiger partial charge is 0.238 e. The Labute approximate surface area is 133 Å². The molecule has 0 spiro atoms. The number of nitrogens with zero attached hydrogens (tertiary/aromatic N) is 1. The molecule has 3 aliphatic rings. The number of halogens is 1. The van der Waals surface area contributed by atoms with Crippen molar-refractivity contribution >= 4 is 28.2 Å². The van der Waals surface area contributed by atoms with Crippen LogP contribution in [0.15, 0.2) is 0 Å². The van der Waals surface area contributed by atoms with E-state index >= 15 is 0 Å². The largest absolute Gasteiger partial charge is 0.335 e. The Balaban J connectivity index is 0.00000161. The molecule has 3 fully saturated rings. The van der Waals surface area contributed by atoms with Crippen LogP contribution in [0.4, 0.5) is 0 Å². The summed E-state index contributed by atoms with van der Waals surface area (Å²) in [5.74, 6) is -0.432. The molecule has 7 heteroatoms. The van der Waals surface area contributed by atoms with Crippen LogP contribution >= 0.6 is 12.4 Å². The first-order valence-corrected chi connectivity index (χ1v) is 9.53. The van der Waals surface area contributed by atoms with Crippen molar-refractivity contribution in [2.75, 3.05) is 18.8 Å². The fraction of sp³-hybridized carbons (Fsp3) is 0.929. The first kappa shape index (κ1) is 17.0. The maximum atomic E-state index is 12.5. The molecule has 0 aromatic carbocycles. The first-order valence-electron chi connectivity index (χ1n) is 7.81. The number of carbonyl (C=O) groups excluding carboxylic acids is 1. The van der Waals surface area contributed by atoms with Gasteiger partial charge in [0.25, 0.3) is 0 Å². The van der Waals surface area contributed by atoms with E-state index in [9.17, 15) is 13.2 Å². The predicted octanol–water partition coefficient (Wildman–Crippen LogP) is 1.12. The van der Waals surface area contributed by atoms with Crippen molar-refractivity contribution in [3.8, 4) is 0 Å². The summed E-state index contributed by atoms with van der Waals surface area (Å²) in [6, 6.07) is 0.454. The lowest BCUT2D eigenvalue weighted by Crippen LogP contribution is -2.46. The number of sulfone groups is 1. The molecular weight excluding hydrogens is 312 g/mol. The first-order chi connectivity index (χ1) is 9.58. The van der Waals surface area contributed by atoms with Crippen molar-refractivity contribution < 1.29 is 13.2 Å². The predicted molar refractivity (Wildman–Crippen MR) is 84.4 cm³/mol. The molecule has 0 radical (unpaired) electrons. The molecule has 2 atom stereocenters. The summed E-state index contributed by atoms with van der Waals surface area (Å²) in [4.78, 5) is 14.4. The third-order valence-electron chi connectivity index (χ3n) is 5.08. The van der Waals surface area contributed by atoms with Crippen LogP contribution < -0.4 is 5.32 Å². The van der Waals surface area contributed by atoms with Crippen molar-refractivity contribution in [2.45, 2.75) is 62.3 Å². The second-order valence-corrected chi connectivity index (χ2v) is 8.67. The molecule has 2 bridgehead atoms. The molecule has 0 aromatic rings. The van der Waals surface area contributed by atoms with Crippen molar-refractivity contribution in [3.63, 3.8) is 0 Å². The van der Waals surface area contributed by atoms with Crippen LogP contribution in [-0.2, 0) is 14.6 Å². The monoisotopic (exact) mass is 336 g/mol. The van der Waals surface area contributed by atoms with Gasteiger partial charge in [-0.3, -0.25) is 4.79 Å². The van der Waals surface area contributed by atoms with E-state index in [2.05, 4.69) is 5.32 Å². The Kier molecular flexibility index (Phi) is 5.54. The molecule has 122 valence electrons. The van der Waals surface area contributed by atoms with Crippen LogP contribution in [0.2, 0.25) is 0 Å². The molecule has 3 rings (SSSR count). The van der Waals surface area contributed by atoms with E-state index in [0.29, 0.717) is 0 Å². The van der Waals surface area contributed by atoms with Crippen LogP contribution in [0.25, 0.3) is 0 Å². The molecule has 5 nitrogen and oxygen atoms in total. The summed E-state index contributed by atoms with van der Waals surface area (Å²) in [7, 11) is -3.25. The van der Waals surface area contributed by atoms with Crippen molar-refractivity contribution in [3.05, 3.63) is 0 Å². The van der Waals surface area contributed by atoms with E-state index < -0.39 is 9.84 Å². The van der Waals surface area contributed by atoms with Gasteiger partial charge in [0.2, 0.25) is 5.91 Å². The Bertz CT molecular complexity index is 463. The van der Waals surface area contributed by atoms with E-state index in [4.69, 9.17) is 0 Å². The van der Waals surface area contributed by atoms with Gasteiger partial charge in [0.15, 0.2) is 9.84 Å². The second-order valence-electron chi connectivity index (χ2n) is 6.39. The lowest BCUT2D eigenvalue weighted by Gasteiger charge is -2.28. The highest BCUT2D eigenvalue weighted by Crippen LogP contribution is 2.30. The maximum absolute atomic E-state index is 12.5. The number of rotatable bonds is 3. The van der Waals surface area contributed by atoms with Crippen LogP contribution in [0, 0.1) is 0 Å². The molecule has 2 unspecified atom stereocenters. The van der Waals surface area contributed by atoms with Crippen LogP contribution in [0.1, 0.15) is 44.9 Å². The molecule has 2 aliphatic heterocycles. The SMILES string of the molecule is Cl.O=C(CS(=O)(=O)C1CCCC1)N1C2CCNCC1CC2. The molecule has 2 saturated heterocycles. The van der Waals surface area contributed by atoms with Gasteiger partial charge in [0, 0.05) is 18.6 Å². The number of hydrogen-bond donors (Lipinski definition) is 1. The number of fused-ring (bicyclic) bond motifs is 2. The van der Waals surface area contributed by atoms with Gasteiger partial charge in [0.05, 0.1) is 5.25 Å². The van der Waals surface area contributed by atoms with Crippen LogP contribution in [0.3, 0.4) is 0 Å². The Morgan fingerprint density at radius 3 is 2.43 bits per heavy atom. The summed E-state index contributed by atoms with van der Waals surface area (Å²) in [5, 5.41) is 3.07. The van der Waals surface area contributed by atoms with Gasteiger partial charge in [-0.1, -0.05) is 12.8 Å². The van der Waals surface area contributed by atoms with E-state index in [1.165, 1.54) is 0 Å². The van der Waals surface area contributed by atoms with Gasteiger partial charge in [-0.05, 0) is 38.6 Å². The molecule has 1 N–H and O–H groups in total. The number of carbonyl (C=O) groups is 1. The molecular formula is C14H25ClN2O3S. The zero-order valence-corrected chi connectivity index (χ0v) is 13.9. The number of hydrogen-bond acceptors (Lipinski definition) is 4. The Hall–Kier alpha value is -0.330. The fourth-order valence-corrected chi connectivity index (χ4v) is 5.78. The third kappa shape index (κ3) is 3.54. The molecule has 1 aliphatic carbocycles. The van der Waals surface area contributed by atoms with Crippen molar-refractivity contribution in [1.29, 1.82) is 0 Å². The van der Waals surface area contributed by atoms with E-state index in [1.54, 1.807) is 0 Å². The van der Waals surface area contributed by atoms with Gasteiger partial charge in [-0.2, -0.15) is 0 Å². The second kappa shape index (κ2) is 6.84. The minimum absolute atomic E-state index is 0. The third-order valence-corrected chi connectivity index (χ3v) is 7.21. The standard InChI is InChI=1S/C14H24N2O3S.ClH/c17-14(10-20(18,19)13-3-1-2-4-13)16-11-5-6-12(16)9-15-8-7-11;/h11-13,15H,1-10H2;1H. The van der Waals surface area contributed by atoms with Gasteiger partial charge in [-0.25, -0.2) is 8.42 Å². The summed E-state index contributed by atoms with van der Waals surface area (Å²) in [5.41, 5.74) is 0. The zero-order valence-electron chi connectivity index (χ0n) is 12.3. The molecule has 2 heterocycles. The highest BCUT2D eigenvalue weighted by atomic mass is 35.5. The highest BCUT2D eigenvalue weighted by Gasteiger charge is 2.40. The van der Waals surface area contributed by atoms with E-state index in [0.717, 1.165) is 58.0 Å². The minimum atomic E-state index is -3.25. The molecule has 21 heavy (non-hydrogen) atoms. The van der Waals surface area contributed by atoms with Crippen molar-refractivity contribution in [1.82, 2.24) is 10.2 Å². The van der Waals surface area contributed by atoms with Gasteiger partial charge in [0.1, 0.15) is 5.75 Å².